The number of pyridine rings is 1. The van der Waals surface area contributed by atoms with E-state index >= 15 is 0 Å². The predicted octanol–water partition coefficient (Wildman–Crippen LogP) is 5.96. The van der Waals surface area contributed by atoms with Crippen LogP contribution in [0.5, 0.6) is 0 Å². The molecule has 1 aliphatic rings. The van der Waals surface area contributed by atoms with Gasteiger partial charge in [-0.2, -0.15) is 0 Å². The number of thiophene rings is 2. The fraction of sp³-hybridized carbons (Fsp3) is 0.429. The van der Waals surface area contributed by atoms with Crippen molar-refractivity contribution < 1.29 is 9.90 Å². The number of carbonyl (C=O) groups is 1. The van der Waals surface area contributed by atoms with Gasteiger partial charge >= 0.3 is 5.97 Å². The second-order valence-corrected chi connectivity index (χ2v) is 9.38. The first-order chi connectivity index (χ1) is 12.5. The van der Waals surface area contributed by atoms with E-state index in [0.717, 1.165) is 45.8 Å². The van der Waals surface area contributed by atoms with Gasteiger partial charge in [0, 0.05) is 26.4 Å². The summed E-state index contributed by atoms with van der Waals surface area (Å²) in [6.07, 6.45) is 4.83. The van der Waals surface area contributed by atoms with Gasteiger partial charge in [-0.1, -0.05) is 19.4 Å². The molecule has 3 aromatic rings. The Labute approximate surface area is 161 Å². The van der Waals surface area contributed by atoms with Crippen molar-refractivity contribution >= 4 is 38.9 Å². The zero-order valence-electron chi connectivity index (χ0n) is 15.4. The number of fused-ring (bicyclic) bond motifs is 3. The van der Waals surface area contributed by atoms with Crippen molar-refractivity contribution in [2.24, 2.45) is 0 Å². The molecule has 0 fully saturated rings. The molecule has 0 radical (unpaired) electrons. The number of aromatic nitrogens is 1. The molecule has 1 unspecified atom stereocenters. The predicted molar refractivity (Wildman–Crippen MR) is 110 cm³/mol. The molecule has 1 atom stereocenters. The molecule has 136 valence electrons. The molecule has 0 aliphatic heterocycles. The number of hydrogen-bond acceptors (Lipinski definition) is 4. The first-order valence-electron chi connectivity index (χ1n) is 9.20. The zero-order valence-corrected chi connectivity index (χ0v) is 17.0. The highest BCUT2D eigenvalue weighted by Gasteiger charge is 2.40. The van der Waals surface area contributed by atoms with Gasteiger partial charge in [0.05, 0.1) is 5.41 Å². The van der Waals surface area contributed by atoms with Crippen LogP contribution < -0.4 is 0 Å². The molecule has 1 aliphatic carbocycles. The third-order valence-electron chi connectivity index (χ3n) is 5.58. The van der Waals surface area contributed by atoms with E-state index in [1.54, 1.807) is 22.7 Å². The normalized spacial score (nSPS) is 16.0. The van der Waals surface area contributed by atoms with Crippen molar-refractivity contribution in [1.29, 1.82) is 0 Å². The molecule has 0 aromatic carbocycles. The Morgan fingerprint density at radius 1 is 1.38 bits per heavy atom. The third kappa shape index (κ3) is 2.52. The monoisotopic (exact) mass is 385 g/mol. The highest BCUT2D eigenvalue weighted by molar-refractivity contribution is 7.19. The van der Waals surface area contributed by atoms with E-state index in [9.17, 15) is 9.90 Å². The van der Waals surface area contributed by atoms with Crippen LogP contribution in [0.4, 0.5) is 0 Å². The largest absolute Gasteiger partial charge is 0.481 e. The van der Waals surface area contributed by atoms with Gasteiger partial charge in [0.25, 0.3) is 0 Å². The summed E-state index contributed by atoms with van der Waals surface area (Å²) >= 11 is 3.49. The Bertz CT molecular complexity index is 988. The minimum absolute atomic E-state index is 0.612. The van der Waals surface area contributed by atoms with Crippen LogP contribution in [0.2, 0.25) is 0 Å². The quantitative estimate of drug-likeness (QED) is 0.589. The molecule has 4 rings (SSSR count). The average molecular weight is 386 g/mol. The Morgan fingerprint density at radius 2 is 2.19 bits per heavy atom. The number of aliphatic carboxylic acids is 1. The molecule has 3 nitrogen and oxygen atoms in total. The number of nitrogens with zero attached hydrogens (tertiary/aromatic N) is 1. The van der Waals surface area contributed by atoms with Crippen LogP contribution >= 0.6 is 22.7 Å². The minimum atomic E-state index is -0.924. The van der Waals surface area contributed by atoms with Crippen LogP contribution in [0.3, 0.4) is 0 Å². The SMILES string of the molecule is CCCC(C)(C(=O)O)c1c(C)nc2sc3c(c2c1-c1cccs1)CCC3. The number of carboxylic acids is 1. The molecule has 3 heterocycles. The molecule has 0 bridgehead atoms. The lowest BCUT2D eigenvalue weighted by molar-refractivity contribution is -0.143. The zero-order chi connectivity index (χ0) is 18.5. The van der Waals surface area contributed by atoms with E-state index in [-0.39, 0.29) is 0 Å². The Morgan fingerprint density at radius 3 is 2.85 bits per heavy atom. The lowest BCUT2D eigenvalue weighted by Gasteiger charge is -2.29. The Balaban J connectivity index is 2.14. The van der Waals surface area contributed by atoms with E-state index in [2.05, 4.69) is 24.4 Å². The van der Waals surface area contributed by atoms with E-state index in [4.69, 9.17) is 4.98 Å². The van der Waals surface area contributed by atoms with Gasteiger partial charge in [0.1, 0.15) is 4.83 Å². The Kier molecular flexibility index (Phi) is 4.40. The number of carboxylic acid groups (broad SMARTS) is 1. The summed E-state index contributed by atoms with van der Waals surface area (Å²) in [4.78, 5) is 20.9. The highest BCUT2D eigenvalue weighted by Crippen LogP contribution is 2.48. The summed E-state index contributed by atoms with van der Waals surface area (Å²) in [6, 6.07) is 4.17. The second kappa shape index (κ2) is 6.46. The summed E-state index contributed by atoms with van der Waals surface area (Å²) in [5.41, 5.74) is 3.38. The molecule has 0 spiro atoms. The van der Waals surface area contributed by atoms with Gasteiger partial charge in [-0.15, -0.1) is 22.7 Å². The summed E-state index contributed by atoms with van der Waals surface area (Å²) in [6.45, 7) is 5.90. The summed E-state index contributed by atoms with van der Waals surface area (Å²) in [5.74, 6) is -0.756. The molecule has 3 aromatic heterocycles. The second-order valence-electron chi connectivity index (χ2n) is 7.35. The number of aryl methyl sites for hydroxylation is 3. The van der Waals surface area contributed by atoms with Gasteiger partial charge in [0.15, 0.2) is 0 Å². The Hall–Kier alpha value is -1.72. The topological polar surface area (TPSA) is 50.2 Å². The van der Waals surface area contributed by atoms with E-state index in [1.165, 1.54) is 22.2 Å². The maximum absolute atomic E-state index is 12.4. The van der Waals surface area contributed by atoms with Crippen molar-refractivity contribution in [2.45, 2.75) is 58.3 Å². The number of rotatable bonds is 5. The fourth-order valence-electron chi connectivity index (χ4n) is 4.42. The molecule has 1 N–H and O–H groups in total. The van der Waals surface area contributed by atoms with Crippen molar-refractivity contribution in [3.05, 3.63) is 39.2 Å². The fourth-order valence-corrected chi connectivity index (χ4v) is 6.52. The van der Waals surface area contributed by atoms with Gasteiger partial charge < -0.3 is 5.11 Å². The first kappa shape index (κ1) is 17.7. The van der Waals surface area contributed by atoms with Crippen LogP contribution in [0.1, 0.15) is 54.8 Å². The maximum atomic E-state index is 12.4. The molecular weight excluding hydrogens is 362 g/mol. The van der Waals surface area contributed by atoms with E-state index < -0.39 is 11.4 Å². The maximum Gasteiger partial charge on any atom is 0.313 e. The summed E-state index contributed by atoms with van der Waals surface area (Å²) in [5, 5.41) is 13.4. The summed E-state index contributed by atoms with van der Waals surface area (Å²) < 4.78 is 0. The van der Waals surface area contributed by atoms with Crippen LogP contribution in [0.25, 0.3) is 20.7 Å². The standard InChI is InChI=1S/C21H23NO2S2/c1-4-10-21(3,20(23)24)18-12(2)22-19-16(13-7-5-8-14(13)26-19)17(18)15-9-6-11-25-15/h6,9,11H,4-5,7-8,10H2,1-3H3,(H,23,24). The van der Waals surface area contributed by atoms with Crippen molar-refractivity contribution in [2.75, 3.05) is 0 Å². The van der Waals surface area contributed by atoms with Crippen molar-refractivity contribution in [3.63, 3.8) is 0 Å². The van der Waals surface area contributed by atoms with Crippen LogP contribution in [0, 0.1) is 6.92 Å². The van der Waals surface area contributed by atoms with Crippen LogP contribution in [-0.4, -0.2) is 16.1 Å². The van der Waals surface area contributed by atoms with Gasteiger partial charge in [-0.25, -0.2) is 4.98 Å². The number of hydrogen-bond donors (Lipinski definition) is 1. The smallest absolute Gasteiger partial charge is 0.313 e. The molecule has 0 saturated heterocycles. The lowest BCUT2D eigenvalue weighted by atomic mass is 9.74. The summed E-state index contributed by atoms with van der Waals surface area (Å²) in [7, 11) is 0. The highest BCUT2D eigenvalue weighted by atomic mass is 32.1. The van der Waals surface area contributed by atoms with Crippen LogP contribution in [0.15, 0.2) is 17.5 Å². The average Bonchev–Trinajstić information content (AvgIpc) is 3.30. The van der Waals surface area contributed by atoms with Crippen LogP contribution in [-0.2, 0) is 23.1 Å². The molecular formula is C21H23NO2S2. The van der Waals surface area contributed by atoms with Crippen molar-refractivity contribution in [3.8, 4) is 10.4 Å². The minimum Gasteiger partial charge on any atom is -0.481 e. The van der Waals surface area contributed by atoms with Gasteiger partial charge in [-0.3, -0.25) is 4.79 Å². The molecule has 0 amide bonds. The molecule has 5 heteroatoms. The third-order valence-corrected chi connectivity index (χ3v) is 7.65. The van der Waals surface area contributed by atoms with Gasteiger partial charge in [0.2, 0.25) is 0 Å². The van der Waals surface area contributed by atoms with Crippen molar-refractivity contribution in [1.82, 2.24) is 4.98 Å². The van der Waals surface area contributed by atoms with E-state index in [0.29, 0.717) is 6.42 Å². The molecule has 26 heavy (non-hydrogen) atoms. The van der Waals surface area contributed by atoms with Gasteiger partial charge in [-0.05, 0) is 62.1 Å². The first-order valence-corrected chi connectivity index (χ1v) is 10.9. The van der Waals surface area contributed by atoms with E-state index in [1.807, 2.05) is 13.8 Å². The lowest BCUT2D eigenvalue weighted by Crippen LogP contribution is -2.34. The molecule has 0 saturated carbocycles.